The quantitative estimate of drug-likeness (QED) is 0.405. The first-order valence-electron chi connectivity index (χ1n) is 2.87. The van der Waals surface area contributed by atoms with Gasteiger partial charge in [-0.05, 0) is 12.1 Å². The molecule has 62 valence electrons. The van der Waals surface area contributed by atoms with E-state index in [4.69, 9.17) is 34.8 Å². The van der Waals surface area contributed by atoms with Crippen molar-refractivity contribution in [3.05, 3.63) is 27.2 Å². The summed E-state index contributed by atoms with van der Waals surface area (Å²) in [7, 11) is 0. The van der Waals surface area contributed by atoms with Crippen molar-refractivity contribution in [2.45, 2.75) is 0 Å². The van der Waals surface area contributed by atoms with Gasteiger partial charge in [-0.25, -0.2) is 4.79 Å². The van der Waals surface area contributed by atoms with E-state index in [0.717, 1.165) is 0 Å². The number of halogens is 3. The third-order valence-electron chi connectivity index (χ3n) is 1.16. The lowest BCUT2D eigenvalue weighted by molar-refractivity contribution is 0.565. The lowest BCUT2D eigenvalue weighted by Crippen LogP contribution is -1.71. The summed E-state index contributed by atoms with van der Waals surface area (Å²) < 4.78 is 0. The van der Waals surface area contributed by atoms with E-state index in [1.165, 1.54) is 18.2 Å². The minimum Gasteiger partial charge on any atom is -0.211 e. The molecule has 5 heteroatoms. The van der Waals surface area contributed by atoms with Gasteiger partial charge in [0.2, 0.25) is 6.08 Å². The van der Waals surface area contributed by atoms with Crippen molar-refractivity contribution in [1.82, 2.24) is 0 Å². The summed E-state index contributed by atoms with van der Waals surface area (Å²) in [6.07, 6.45) is 1.36. The smallest absolute Gasteiger partial charge is 0.211 e. The predicted molar refractivity (Wildman–Crippen MR) is 49.3 cm³/mol. The molecule has 1 aromatic carbocycles. The van der Waals surface area contributed by atoms with Crippen LogP contribution in [0.3, 0.4) is 0 Å². The monoisotopic (exact) mass is 221 g/mol. The zero-order chi connectivity index (χ0) is 9.14. The fraction of sp³-hybridized carbons (Fsp3) is 0. The highest BCUT2D eigenvalue weighted by Crippen LogP contribution is 2.33. The molecule has 0 aliphatic heterocycles. The molecule has 0 aliphatic carbocycles. The van der Waals surface area contributed by atoms with Crippen LogP contribution in [0.15, 0.2) is 17.1 Å². The van der Waals surface area contributed by atoms with Crippen molar-refractivity contribution in [2.24, 2.45) is 4.99 Å². The molecule has 0 saturated heterocycles. The third kappa shape index (κ3) is 1.99. The van der Waals surface area contributed by atoms with Gasteiger partial charge in [0.05, 0.1) is 20.8 Å². The second-order valence-corrected chi connectivity index (χ2v) is 3.14. The summed E-state index contributed by atoms with van der Waals surface area (Å²) in [5.74, 6) is 0. The topological polar surface area (TPSA) is 29.4 Å². The van der Waals surface area contributed by atoms with Crippen molar-refractivity contribution in [2.75, 3.05) is 0 Å². The average Bonchev–Trinajstić information content (AvgIpc) is 2.01. The predicted octanol–water partition coefficient (Wildman–Crippen LogP) is 3.61. The molecule has 0 saturated carbocycles. The second kappa shape index (κ2) is 3.92. The van der Waals surface area contributed by atoms with Gasteiger partial charge in [0.25, 0.3) is 0 Å². The Morgan fingerprint density at radius 3 is 2.25 bits per heavy atom. The van der Waals surface area contributed by atoms with Gasteiger partial charge in [0.1, 0.15) is 0 Å². The molecule has 0 spiro atoms. The number of aliphatic imine (C=N–C) groups is 1. The van der Waals surface area contributed by atoms with Gasteiger partial charge in [-0.15, -0.1) is 0 Å². The average molecular weight is 222 g/mol. The van der Waals surface area contributed by atoms with Crippen molar-refractivity contribution in [3.63, 3.8) is 0 Å². The van der Waals surface area contributed by atoms with Crippen LogP contribution < -0.4 is 0 Å². The molecule has 0 fully saturated rings. The molecule has 2 nitrogen and oxygen atoms in total. The molecule has 0 heterocycles. The van der Waals surface area contributed by atoms with Crippen molar-refractivity contribution in [1.29, 1.82) is 0 Å². The van der Waals surface area contributed by atoms with Crippen LogP contribution in [0, 0.1) is 0 Å². The summed E-state index contributed by atoms with van der Waals surface area (Å²) in [5.41, 5.74) is 0.265. The molecular weight excluding hydrogens is 220 g/mol. The molecule has 1 aromatic rings. The van der Waals surface area contributed by atoms with E-state index in [1.807, 2.05) is 0 Å². The SMILES string of the molecule is O=C=Nc1cc(Cl)c(Cl)cc1Cl. The third-order valence-corrected chi connectivity index (χ3v) is 2.18. The fourth-order valence-corrected chi connectivity index (χ4v) is 1.23. The zero-order valence-electron chi connectivity index (χ0n) is 5.64. The van der Waals surface area contributed by atoms with E-state index in [0.29, 0.717) is 10.0 Å². The highest BCUT2D eigenvalue weighted by atomic mass is 35.5. The Morgan fingerprint density at radius 1 is 1.08 bits per heavy atom. The number of rotatable bonds is 1. The Labute approximate surface area is 83.8 Å². The summed E-state index contributed by atoms with van der Waals surface area (Å²) in [4.78, 5) is 13.2. The van der Waals surface area contributed by atoms with Crippen LogP contribution >= 0.6 is 34.8 Å². The first-order chi connectivity index (χ1) is 5.65. The summed E-state index contributed by atoms with van der Waals surface area (Å²) in [5, 5.41) is 0.898. The van der Waals surface area contributed by atoms with Gasteiger partial charge in [-0.3, -0.25) is 0 Å². The Hall–Kier alpha value is -0.530. The van der Waals surface area contributed by atoms with Crippen LogP contribution in [-0.2, 0) is 4.79 Å². The fourth-order valence-electron chi connectivity index (χ4n) is 0.647. The number of carbonyl (C=O) groups excluding carboxylic acids is 1. The van der Waals surface area contributed by atoms with E-state index in [9.17, 15) is 4.79 Å². The standard InChI is InChI=1S/C7H2Cl3NO/c8-4-1-6(10)7(11-3-12)2-5(4)9/h1-2H. The maximum atomic E-state index is 9.90. The normalized spacial score (nSPS) is 9.25. The minimum atomic E-state index is 0.265. The van der Waals surface area contributed by atoms with Crippen LogP contribution in [-0.4, -0.2) is 6.08 Å². The largest absolute Gasteiger partial charge is 0.240 e. The lowest BCUT2D eigenvalue weighted by atomic mass is 10.3. The first-order valence-corrected chi connectivity index (χ1v) is 4.01. The van der Waals surface area contributed by atoms with E-state index in [-0.39, 0.29) is 10.7 Å². The molecular formula is C7H2Cl3NO. The van der Waals surface area contributed by atoms with Gasteiger partial charge in [0.15, 0.2) is 0 Å². The molecule has 1 rings (SSSR count). The van der Waals surface area contributed by atoms with E-state index in [2.05, 4.69) is 4.99 Å². The van der Waals surface area contributed by atoms with E-state index in [1.54, 1.807) is 0 Å². The molecule has 0 amide bonds. The van der Waals surface area contributed by atoms with Crippen molar-refractivity contribution >= 4 is 46.6 Å². The highest BCUT2D eigenvalue weighted by Gasteiger charge is 2.04. The highest BCUT2D eigenvalue weighted by molar-refractivity contribution is 6.43. The molecule has 12 heavy (non-hydrogen) atoms. The molecule has 0 radical (unpaired) electrons. The lowest BCUT2D eigenvalue weighted by Gasteiger charge is -1.98. The number of isocyanates is 1. The van der Waals surface area contributed by atoms with Crippen molar-refractivity contribution < 1.29 is 4.79 Å². The van der Waals surface area contributed by atoms with E-state index >= 15 is 0 Å². The number of hydrogen-bond donors (Lipinski definition) is 0. The minimum absolute atomic E-state index is 0.265. The van der Waals surface area contributed by atoms with Gasteiger partial charge >= 0.3 is 0 Å². The Kier molecular flexibility index (Phi) is 3.12. The molecule has 0 N–H and O–H groups in total. The Balaban J connectivity index is 3.32. The van der Waals surface area contributed by atoms with Crippen LogP contribution in [0.5, 0.6) is 0 Å². The molecule has 0 aliphatic rings. The number of nitrogens with zero attached hydrogens (tertiary/aromatic N) is 1. The van der Waals surface area contributed by atoms with Crippen molar-refractivity contribution in [3.8, 4) is 0 Å². The number of benzene rings is 1. The molecule has 0 bridgehead atoms. The summed E-state index contributed by atoms with van der Waals surface area (Å²) in [6.45, 7) is 0. The second-order valence-electron chi connectivity index (χ2n) is 1.92. The Morgan fingerprint density at radius 2 is 1.67 bits per heavy atom. The van der Waals surface area contributed by atoms with E-state index < -0.39 is 0 Å². The number of hydrogen-bond acceptors (Lipinski definition) is 2. The Bertz CT molecular complexity index is 358. The van der Waals surface area contributed by atoms with Crippen LogP contribution in [0.1, 0.15) is 0 Å². The van der Waals surface area contributed by atoms with Gasteiger partial charge in [0, 0.05) is 0 Å². The van der Waals surface area contributed by atoms with Crippen LogP contribution in [0.25, 0.3) is 0 Å². The maximum absolute atomic E-state index is 9.90. The summed E-state index contributed by atoms with van der Waals surface area (Å²) >= 11 is 16.9. The van der Waals surface area contributed by atoms with Gasteiger partial charge < -0.3 is 0 Å². The van der Waals surface area contributed by atoms with Gasteiger partial charge in [-0.2, -0.15) is 4.99 Å². The van der Waals surface area contributed by atoms with Gasteiger partial charge in [-0.1, -0.05) is 34.8 Å². The summed E-state index contributed by atoms with van der Waals surface area (Å²) in [6, 6.07) is 2.82. The molecule has 0 unspecified atom stereocenters. The first kappa shape index (κ1) is 9.56. The van der Waals surface area contributed by atoms with Crippen LogP contribution in [0.2, 0.25) is 15.1 Å². The zero-order valence-corrected chi connectivity index (χ0v) is 7.91. The van der Waals surface area contributed by atoms with Crippen LogP contribution in [0.4, 0.5) is 5.69 Å². The molecule has 0 atom stereocenters. The molecule has 0 aromatic heterocycles. The maximum Gasteiger partial charge on any atom is 0.240 e.